The zero-order valence-electron chi connectivity index (χ0n) is 11.1. The van der Waals surface area contributed by atoms with Gasteiger partial charge in [-0.1, -0.05) is 48.5 Å². The van der Waals surface area contributed by atoms with Gasteiger partial charge in [-0.3, -0.25) is 0 Å². The van der Waals surface area contributed by atoms with E-state index in [-0.39, 0.29) is 0 Å². The third-order valence-corrected chi connectivity index (χ3v) is 4.55. The summed E-state index contributed by atoms with van der Waals surface area (Å²) >= 11 is 0. The lowest BCUT2D eigenvalue weighted by molar-refractivity contribution is 0.728. The molecule has 2 aromatic rings. The Hall–Kier alpha value is -1.76. The molecule has 2 aliphatic rings. The van der Waals surface area contributed by atoms with Crippen LogP contribution in [0.1, 0.15) is 17.5 Å². The Morgan fingerprint density at radius 2 is 1.74 bits per heavy atom. The minimum Gasteiger partial charge on any atom is -0.368 e. The number of fused-ring (bicyclic) bond motifs is 1. The number of hydrogen-bond donors (Lipinski definition) is 0. The molecule has 0 aromatic heterocycles. The molecule has 2 aromatic carbocycles. The zero-order chi connectivity index (χ0) is 12.7. The van der Waals surface area contributed by atoms with Crippen LogP contribution >= 0.6 is 0 Å². The van der Waals surface area contributed by atoms with Crippen LogP contribution in [0.5, 0.6) is 0 Å². The molecule has 1 heteroatoms. The fourth-order valence-corrected chi connectivity index (χ4v) is 3.46. The van der Waals surface area contributed by atoms with E-state index in [0.717, 1.165) is 12.0 Å². The molecule has 1 aliphatic heterocycles. The van der Waals surface area contributed by atoms with E-state index in [2.05, 4.69) is 59.5 Å². The minimum absolute atomic E-state index is 0.781. The summed E-state index contributed by atoms with van der Waals surface area (Å²) in [5, 5.41) is 0. The lowest BCUT2D eigenvalue weighted by Crippen LogP contribution is -2.24. The van der Waals surface area contributed by atoms with Crippen molar-refractivity contribution in [1.82, 2.24) is 0 Å². The molecule has 1 saturated carbocycles. The zero-order valence-corrected chi connectivity index (χ0v) is 11.1. The van der Waals surface area contributed by atoms with Crippen molar-refractivity contribution in [1.29, 1.82) is 0 Å². The van der Waals surface area contributed by atoms with E-state index in [1.54, 1.807) is 0 Å². The molecular formula is C18H19N. The van der Waals surface area contributed by atoms with Crippen LogP contribution < -0.4 is 4.90 Å². The Bertz CT molecular complexity index is 575. The molecule has 1 fully saturated rings. The SMILES string of the molecule is c1ccc(C[C@@H]2C[C@H]2N2CCc3ccccc32)cc1. The molecule has 1 heterocycles. The van der Waals surface area contributed by atoms with Gasteiger partial charge in [0.15, 0.2) is 0 Å². The molecule has 1 aliphatic carbocycles. The molecule has 0 saturated heterocycles. The molecule has 19 heavy (non-hydrogen) atoms. The van der Waals surface area contributed by atoms with Crippen LogP contribution in [-0.4, -0.2) is 12.6 Å². The normalized spacial score (nSPS) is 24.3. The van der Waals surface area contributed by atoms with Gasteiger partial charge in [-0.25, -0.2) is 0 Å². The predicted octanol–water partition coefficient (Wildman–Crippen LogP) is 3.68. The monoisotopic (exact) mass is 249 g/mol. The van der Waals surface area contributed by atoms with Crippen LogP contribution in [0, 0.1) is 5.92 Å². The van der Waals surface area contributed by atoms with E-state index < -0.39 is 0 Å². The number of rotatable bonds is 3. The van der Waals surface area contributed by atoms with Gasteiger partial charge in [0.05, 0.1) is 0 Å². The molecule has 0 unspecified atom stereocenters. The summed E-state index contributed by atoms with van der Waals surface area (Å²) in [7, 11) is 0. The third-order valence-electron chi connectivity index (χ3n) is 4.55. The molecular weight excluding hydrogens is 230 g/mol. The van der Waals surface area contributed by atoms with Gasteiger partial charge in [-0.2, -0.15) is 0 Å². The summed E-state index contributed by atoms with van der Waals surface area (Å²) in [6.45, 7) is 1.22. The molecule has 0 amide bonds. The minimum atomic E-state index is 0.781. The number of benzene rings is 2. The summed E-state index contributed by atoms with van der Waals surface area (Å²) in [4.78, 5) is 2.64. The Morgan fingerprint density at radius 3 is 2.63 bits per heavy atom. The van der Waals surface area contributed by atoms with Gasteiger partial charge < -0.3 is 4.90 Å². The smallest absolute Gasteiger partial charge is 0.0402 e. The Labute approximate surface area is 114 Å². The summed E-state index contributed by atoms with van der Waals surface area (Å²) in [6, 6.07) is 20.6. The second kappa shape index (κ2) is 4.41. The fourth-order valence-electron chi connectivity index (χ4n) is 3.46. The quantitative estimate of drug-likeness (QED) is 0.802. The molecule has 4 rings (SSSR count). The van der Waals surface area contributed by atoms with E-state index >= 15 is 0 Å². The van der Waals surface area contributed by atoms with Crippen LogP contribution in [0.15, 0.2) is 54.6 Å². The largest absolute Gasteiger partial charge is 0.368 e. The van der Waals surface area contributed by atoms with E-state index in [9.17, 15) is 0 Å². The third kappa shape index (κ3) is 2.03. The second-order valence-electron chi connectivity index (χ2n) is 5.82. The Balaban J connectivity index is 1.47. The van der Waals surface area contributed by atoms with Crippen molar-refractivity contribution in [3.63, 3.8) is 0 Å². The van der Waals surface area contributed by atoms with Crippen LogP contribution in [0.25, 0.3) is 0 Å². The standard InChI is InChI=1S/C18H19N/c1-2-6-14(7-3-1)12-16-13-18(16)19-11-10-15-8-4-5-9-17(15)19/h1-9,16,18H,10-13H2/t16-,18-/m1/s1. The van der Waals surface area contributed by atoms with Gasteiger partial charge >= 0.3 is 0 Å². The van der Waals surface area contributed by atoms with Crippen molar-refractivity contribution >= 4 is 5.69 Å². The van der Waals surface area contributed by atoms with Crippen molar-refractivity contribution in [3.05, 3.63) is 65.7 Å². The highest BCUT2D eigenvalue weighted by Gasteiger charge is 2.43. The topological polar surface area (TPSA) is 3.24 Å². The maximum Gasteiger partial charge on any atom is 0.0402 e. The fraction of sp³-hybridized carbons (Fsp3) is 0.333. The van der Waals surface area contributed by atoms with Crippen molar-refractivity contribution in [2.24, 2.45) is 5.92 Å². The predicted molar refractivity (Wildman–Crippen MR) is 79.5 cm³/mol. The van der Waals surface area contributed by atoms with Crippen LogP contribution in [-0.2, 0) is 12.8 Å². The maximum atomic E-state index is 2.64. The van der Waals surface area contributed by atoms with Gasteiger partial charge in [0.25, 0.3) is 0 Å². The highest BCUT2D eigenvalue weighted by molar-refractivity contribution is 5.59. The Kier molecular flexibility index (Phi) is 2.58. The van der Waals surface area contributed by atoms with Crippen LogP contribution in [0.3, 0.4) is 0 Å². The number of hydrogen-bond acceptors (Lipinski definition) is 1. The summed E-state index contributed by atoms with van der Waals surface area (Å²) in [5.74, 6) is 0.855. The average Bonchev–Trinajstić information content (AvgIpc) is 3.08. The first kappa shape index (κ1) is 11.1. The Morgan fingerprint density at radius 1 is 0.947 bits per heavy atom. The van der Waals surface area contributed by atoms with Crippen molar-refractivity contribution in [2.75, 3.05) is 11.4 Å². The van der Waals surface area contributed by atoms with Gasteiger partial charge in [0, 0.05) is 18.3 Å². The van der Waals surface area contributed by atoms with Crippen molar-refractivity contribution < 1.29 is 0 Å². The number of para-hydroxylation sites is 1. The highest BCUT2D eigenvalue weighted by atomic mass is 15.2. The molecule has 0 radical (unpaired) electrons. The molecule has 96 valence electrons. The van der Waals surface area contributed by atoms with Crippen LogP contribution in [0.4, 0.5) is 5.69 Å². The summed E-state index contributed by atoms with van der Waals surface area (Å²) in [6.07, 6.45) is 3.83. The molecule has 1 nitrogen and oxygen atoms in total. The van der Waals surface area contributed by atoms with Gasteiger partial charge in [0.1, 0.15) is 0 Å². The van der Waals surface area contributed by atoms with Crippen molar-refractivity contribution in [2.45, 2.75) is 25.3 Å². The summed E-state index contributed by atoms with van der Waals surface area (Å²) in [5.41, 5.74) is 4.51. The van der Waals surface area contributed by atoms with E-state index in [1.807, 2.05) is 0 Å². The lowest BCUT2D eigenvalue weighted by Gasteiger charge is -2.19. The number of nitrogens with zero attached hydrogens (tertiary/aromatic N) is 1. The molecule has 0 bridgehead atoms. The first-order chi connectivity index (χ1) is 9.42. The van der Waals surface area contributed by atoms with E-state index in [4.69, 9.17) is 0 Å². The first-order valence-electron chi connectivity index (χ1n) is 7.30. The lowest BCUT2D eigenvalue weighted by atomic mass is 10.1. The average molecular weight is 249 g/mol. The van der Waals surface area contributed by atoms with Crippen molar-refractivity contribution in [3.8, 4) is 0 Å². The molecule has 2 atom stereocenters. The van der Waals surface area contributed by atoms with Gasteiger partial charge in [-0.05, 0) is 42.4 Å². The molecule has 0 spiro atoms. The molecule has 0 N–H and O–H groups in total. The number of anilines is 1. The van der Waals surface area contributed by atoms with E-state index in [1.165, 1.54) is 42.6 Å². The second-order valence-corrected chi connectivity index (χ2v) is 5.82. The highest BCUT2D eigenvalue weighted by Crippen LogP contribution is 2.43. The van der Waals surface area contributed by atoms with Gasteiger partial charge in [0.2, 0.25) is 0 Å². The van der Waals surface area contributed by atoms with Gasteiger partial charge in [-0.15, -0.1) is 0 Å². The maximum absolute atomic E-state index is 2.64. The van der Waals surface area contributed by atoms with E-state index in [0.29, 0.717) is 0 Å². The first-order valence-corrected chi connectivity index (χ1v) is 7.30. The van der Waals surface area contributed by atoms with Crippen LogP contribution in [0.2, 0.25) is 0 Å². The summed E-state index contributed by atoms with van der Waals surface area (Å²) < 4.78 is 0.